The van der Waals surface area contributed by atoms with Gasteiger partial charge in [0.05, 0.1) is 6.20 Å². The predicted molar refractivity (Wildman–Crippen MR) is 56.6 cm³/mol. The highest BCUT2D eigenvalue weighted by molar-refractivity contribution is 7.15. The molecule has 0 aromatic carbocycles. The molecule has 15 heavy (non-hydrogen) atoms. The van der Waals surface area contributed by atoms with Crippen molar-refractivity contribution in [2.45, 2.75) is 38.2 Å². The van der Waals surface area contributed by atoms with Gasteiger partial charge in [0.25, 0.3) is 5.19 Å². The minimum absolute atomic E-state index is 0.228. The zero-order valence-corrected chi connectivity index (χ0v) is 9.13. The van der Waals surface area contributed by atoms with E-state index in [0.29, 0.717) is 5.19 Å². The molecule has 0 unspecified atom stereocenters. The first-order chi connectivity index (χ1) is 7.25. The Morgan fingerprint density at radius 3 is 2.80 bits per heavy atom. The summed E-state index contributed by atoms with van der Waals surface area (Å²) >= 11 is 1.10. The predicted octanol–water partition coefficient (Wildman–Crippen LogP) is 2.55. The molecule has 0 spiro atoms. The van der Waals surface area contributed by atoms with Gasteiger partial charge in [-0.15, -0.1) is 0 Å². The number of rotatable bonds is 3. The van der Waals surface area contributed by atoms with Crippen molar-refractivity contribution in [3.8, 4) is 5.19 Å². The standard InChI is InChI=1S/C10H13NO3S/c12-9(13)8-6-11-10(15-8)14-7-4-2-1-3-5-7/h6-7H,1-5H2,(H,12,13). The second-order valence-corrected chi connectivity index (χ2v) is 4.67. The van der Waals surface area contributed by atoms with Gasteiger partial charge in [0.1, 0.15) is 11.0 Å². The van der Waals surface area contributed by atoms with Crippen LogP contribution in [0.4, 0.5) is 0 Å². The summed E-state index contributed by atoms with van der Waals surface area (Å²) in [5, 5.41) is 9.20. The van der Waals surface area contributed by atoms with Crippen LogP contribution in [0.25, 0.3) is 0 Å². The monoisotopic (exact) mass is 227 g/mol. The van der Waals surface area contributed by atoms with Gasteiger partial charge >= 0.3 is 5.97 Å². The third-order valence-corrected chi connectivity index (χ3v) is 3.39. The van der Waals surface area contributed by atoms with Crippen molar-refractivity contribution < 1.29 is 14.6 Å². The molecular formula is C10H13NO3S. The van der Waals surface area contributed by atoms with Crippen molar-refractivity contribution in [2.75, 3.05) is 0 Å². The van der Waals surface area contributed by atoms with Gasteiger partial charge in [-0.2, -0.15) is 0 Å². The number of carboxylic acid groups (broad SMARTS) is 1. The van der Waals surface area contributed by atoms with E-state index < -0.39 is 5.97 Å². The van der Waals surface area contributed by atoms with Crippen molar-refractivity contribution in [3.63, 3.8) is 0 Å². The summed E-state index contributed by atoms with van der Waals surface area (Å²) in [7, 11) is 0. The first-order valence-corrected chi connectivity index (χ1v) is 5.93. The van der Waals surface area contributed by atoms with E-state index in [-0.39, 0.29) is 11.0 Å². The van der Waals surface area contributed by atoms with E-state index in [9.17, 15) is 4.79 Å². The number of aromatic carboxylic acids is 1. The van der Waals surface area contributed by atoms with Crippen molar-refractivity contribution in [2.24, 2.45) is 0 Å². The van der Waals surface area contributed by atoms with Crippen LogP contribution in [0.2, 0.25) is 0 Å². The van der Waals surface area contributed by atoms with E-state index in [1.54, 1.807) is 0 Å². The number of aromatic nitrogens is 1. The largest absolute Gasteiger partial charge is 0.477 e. The second-order valence-electron chi connectivity index (χ2n) is 3.67. The third-order valence-electron chi connectivity index (χ3n) is 2.51. The van der Waals surface area contributed by atoms with Gasteiger partial charge in [-0.3, -0.25) is 0 Å². The van der Waals surface area contributed by atoms with Gasteiger partial charge in [0.15, 0.2) is 0 Å². The minimum atomic E-state index is -0.939. The molecule has 5 heteroatoms. The number of hydrogen-bond donors (Lipinski definition) is 1. The topological polar surface area (TPSA) is 59.4 Å². The molecule has 0 radical (unpaired) electrons. The fourth-order valence-corrected chi connectivity index (χ4v) is 2.41. The highest BCUT2D eigenvalue weighted by Crippen LogP contribution is 2.26. The Morgan fingerprint density at radius 2 is 2.20 bits per heavy atom. The van der Waals surface area contributed by atoms with Crippen molar-refractivity contribution in [1.82, 2.24) is 4.98 Å². The summed E-state index contributed by atoms with van der Waals surface area (Å²) in [6.07, 6.45) is 7.36. The number of carboxylic acids is 1. The molecule has 1 fully saturated rings. The Morgan fingerprint density at radius 1 is 1.47 bits per heavy atom. The molecular weight excluding hydrogens is 214 g/mol. The zero-order valence-electron chi connectivity index (χ0n) is 8.31. The van der Waals surface area contributed by atoms with Gasteiger partial charge < -0.3 is 9.84 Å². The fourth-order valence-electron chi connectivity index (χ4n) is 1.74. The number of ether oxygens (including phenoxy) is 1. The van der Waals surface area contributed by atoms with Crippen molar-refractivity contribution in [1.29, 1.82) is 0 Å². The van der Waals surface area contributed by atoms with Gasteiger partial charge in [0, 0.05) is 0 Å². The molecule has 1 aliphatic rings. The maximum Gasteiger partial charge on any atom is 0.347 e. The van der Waals surface area contributed by atoms with Crippen LogP contribution < -0.4 is 4.74 Å². The number of carbonyl (C=O) groups is 1. The Kier molecular flexibility index (Phi) is 3.20. The van der Waals surface area contributed by atoms with E-state index in [4.69, 9.17) is 9.84 Å². The first kappa shape index (κ1) is 10.4. The molecule has 0 saturated heterocycles. The Bertz CT molecular complexity index is 344. The summed E-state index contributed by atoms with van der Waals surface area (Å²) in [5.41, 5.74) is 0. The summed E-state index contributed by atoms with van der Waals surface area (Å²) < 4.78 is 5.63. The maximum atomic E-state index is 10.6. The van der Waals surface area contributed by atoms with Gasteiger partial charge in [-0.05, 0) is 25.7 Å². The summed E-state index contributed by atoms with van der Waals surface area (Å²) in [6, 6.07) is 0. The average molecular weight is 227 g/mol. The van der Waals surface area contributed by atoms with Crippen LogP contribution >= 0.6 is 11.3 Å². The molecule has 2 rings (SSSR count). The van der Waals surface area contributed by atoms with E-state index in [1.807, 2.05) is 0 Å². The van der Waals surface area contributed by atoms with Gasteiger partial charge in [-0.25, -0.2) is 9.78 Å². The summed E-state index contributed by atoms with van der Waals surface area (Å²) in [4.78, 5) is 14.8. The quantitative estimate of drug-likeness (QED) is 0.862. The number of hydrogen-bond acceptors (Lipinski definition) is 4. The van der Waals surface area contributed by atoms with Crippen molar-refractivity contribution in [3.05, 3.63) is 11.1 Å². The second kappa shape index (κ2) is 4.61. The van der Waals surface area contributed by atoms with E-state index >= 15 is 0 Å². The lowest BCUT2D eigenvalue weighted by Crippen LogP contribution is -2.19. The van der Waals surface area contributed by atoms with E-state index in [0.717, 1.165) is 24.2 Å². The van der Waals surface area contributed by atoms with Crippen LogP contribution in [0, 0.1) is 0 Å². The molecule has 4 nitrogen and oxygen atoms in total. The van der Waals surface area contributed by atoms with Gasteiger partial charge in [0.2, 0.25) is 0 Å². The smallest absolute Gasteiger partial charge is 0.347 e. The molecule has 0 aliphatic heterocycles. The maximum absolute atomic E-state index is 10.6. The summed E-state index contributed by atoms with van der Waals surface area (Å²) in [6.45, 7) is 0. The zero-order chi connectivity index (χ0) is 10.7. The third kappa shape index (κ3) is 2.68. The summed E-state index contributed by atoms with van der Waals surface area (Å²) in [5.74, 6) is -0.939. The van der Waals surface area contributed by atoms with Crippen LogP contribution in [-0.2, 0) is 0 Å². The number of nitrogens with zero attached hydrogens (tertiary/aromatic N) is 1. The average Bonchev–Trinajstić information content (AvgIpc) is 2.68. The Hall–Kier alpha value is -1.10. The SMILES string of the molecule is O=C(O)c1cnc(OC2CCCCC2)s1. The lowest BCUT2D eigenvalue weighted by molar-refractivity contribution is 0.0702. The van der Waals surface area contributed by atoms with E-state index in [2.05, 4.69) is 4.98 Å². The lowest BCUT2D eigenvalue weighted by atomic mass is 9.98. The molecule has 1 aromatic heterocycles. The Labute approximate surface area is 91.9 Å². The van der Waals surface area contributed by atoms with Crippen LogP contribution in [0.3, 0.4) is 0 Å². The fraction of sp³-hybridized carbons (Fsp3) is 0.600. The first-order valence-electron chi connectivity index (χ1n) is 5.11. The van der Waals surface area contributed by atoms with Crippen molar-refractivity contribution >= 4 is 17.3 Å². The minimum Gasteiger partial charge on any atom is -0.477 e. The van der Waals surface area contributed by atoms with Gasteiger partial charge in [-0.1, -0.05) is 17.8 Å². The lowest BCUT2D eigenvalue weighted by Gasteiger charge is -2.21. The molecule has 1 aliphatic carbocycles. The molecule has 1 saturated carbocycles. The molecule has 1 aromatic rings. The van der Waals surface area contributed by atoms with Crippen LogP contribution in [0.1, 0.15) is 41.8 Å². The molecule has 0 bridgehead atoms. The normalized spacial score (nSPS) is 17.6. The molecule has 1 heterocycles. The molecule has 82 valence electrons. The van der Waals surface area contributed by atoms with E-state index in [1.165, 1.54) is 25.5 Å². The molecule has 1 N–H and O–H groups in total. The Balaban J connectivity index is 1.94. The highest BCUT2D eigenvalue weighted by Gasteiger charge is 2.17. The van der Waals surface area contributed by atoms with Crippen LogP contribution in [-0.4, -0.2) is 22.2 Å². The number of thiazole rings is 1. The van der Waals surface area contributed by atoms with Crippen LogP contribution in [0.15, 0.2) is 6.20 Å². The molecule has 0 amide bonds. The van der Waals surface area contributed by atoms with Crippen LogP contribution in [0.5, 0.6) is 5.19 Å². The highest BCUT2D eigenvalue weighted by atomic mass is 32.1. The molecule has 0 atom stereocenters.